The minimum Gasteiger partial charge on any atom is -0.494 e. The second kappa shape index (κ2) is 7.22. The summed E-state index contributed by atoms with van der Waals surface area (Å²) in [5.41, 5.74) is 4.98. The van der Waals surface area contributed by atoms with Crippen LogP contribution in [0.15, 0.2) is 51.4 Å². The minimum absolute atomic E-state index is 0.109. The second-order valence-corrected chi connectivity index (χ2v) is 6.04. The standard InChI is InChI=1S/C15H16Br2N2O/c1-2-20-12-5-3-4-10(8-12)15(19-18)13-9-11(16)6-7-14(13)17/h3-9,15,19H,2,18H2,1H3. The van der Waals surface area contributed by atoms with Gasteiger partial charge in [0, 0.05) is 8.95 Å². The molecule has 106 valence electrons. The lowest BCUT2D eigenvalue weighted by molar-refractivity contribution is 0.339. The summed E-state index contributed by atoms with van der Waals surface area (Å²) in [6.45, 7) is 2.61. The van der Waals surface area contributed by atoms with E-state index in [2.05, 4.69) is 37.3 Å². The Hall–Kier alpha value is -0.880. The number of hydrogen-bond acceptors (Lipinski definition) is 3. The van der Waals surface area contributed by atoms with Gasteiger partial charge in [0.1, 0.15) is 5.75 Å². The van der Waals surface area contributed by atoms with E-state index in [0.29, 0.717) is 6.61 Å². The zero-order chi connectivity index (χ0) is 14.5. The maximum Gasteiger partial charge on any atom is 0.119 e. The predicted molar refractivity (Wildman–Crippen MR) is 88.6 cm³/mol. The largest absolute Gasteiger partial charge is 0.494 e. The van der Waals surface area contributed by atoms with Gasteiger partial charge in [0.2, 0.25) is 0 Å². The van der Waals surface area contributed by atoms with E-state index < -0.39 is 0 Å². The number of halogens is 2. The number of benzene rings is 2. The van der Waals surface area contributed by atoms with Gasteiger partial charge in [-0.1, -0.05) is 44.0 Å². The highest BCUT2D eigenvalue weighted by atomic mass is 79.9. The van der Waals surface area contributed by atoms with E-state index in [9.17, 15) is 0 Å². The van der Waals surface area contributed by atoms with E-state index in [1.54, 1.807) is 0 Å². The van der Waals surface area contributed by atoms with E-state index in [4.69, 9.17) is 10.6 Å². The van der Waals surface area contributed by atoms with Crippen LogP contribution in [-0.4, -0.2) is 6.61 Å². The molecule has 20 heavy (non-hydrogen) atoms. The Morgan fingerprint density at radius 3 is 2.70 bits per heavy atom. The number of ether oxygens (including phenoxy) is 1. The van der Waals surface area contributed by atoms with Gasteiger partial charge in [0.05, 0.1) is 12.6 Å². The molecule has 2 aromatic carbocycles. The average Bonchev–Trinajstić information content (AvgIpc) is 2.44. The van der Waals surface area contributed by atoms with E-state index in [0.717, 1.165) is 25.8 Å². The van der Waals surface area contributed by atoms with Gasteiger partial charge in [-0.25, -0.2) is 5.43 Å². The molecule has 0 aromatic heterocycles. The molecule has 0 aliphatic carbocycles. The third kappa shape index (κ3) is 3.61. The Bertz CT molecular complexity index is 590. The molecule has 0 bridgehead atoms. The minimum atomic E-state index is -0.109. The Morgan fingerprint density at radius 1 is 1.20 bits per heavy atom. The average molecular weight is 400 g/mol. The number of nitrogens with one attached hydrogen (secondary N) is 1. The fourth-order valence-corrected chi connectivity index (χ4v) is 2.91. The molecule has 3 nitrogen and oxygen atoms in total. The van der Waals surface area contributed by atoms with Crippen molar-refractivity contribution in [2.24, 2.45) is 5.84 Å². The lowest BCUT2D eigenvalue weighted by atomic mass is 9.99. The Morgan fingerprint density at radius 2 is 2.00 bits per heavy atom. The normalized spacial score (nSPS) is 12.2. The van der Waals surface area contributed by atoms with Crippen molar-refractivity contribution < 1.29 is 4.74 Å². The molecule has 0 spiro atoms. The number of hydrogen-bond donors (Lipinski definition) is 2. The summed E-state index contributed by atoms with van der Waals surface area (Å²) >= 11 is 7.06. The van der Waals surface area contributed by atoms with Crippen LogP contribution < -0.4 is 16.0 Å². The molecule has 0 saturated carbocycles. The first-order valence-electron chi connectivity index (χ1n) is 6.29. The highest BCUT2D eigenvalue weighted by molar-refractivity contribution is 9.11. The summed E-state index contributed by atoms with van der Waals surface area (Å²) in [7, 11) is 0. The van der Waals surface area contributed by atoms with E-state index in [1.807, 2.05) is 49.4 Å². The summed E-state index contributed by atoms with van der Waals surface area (Å²) in [6, 6.07) is 13.9. The van der Waals surface area contributed by atoms with Crippen LogP contribution in [0.25, 0.3) is 0 Å². The highest BCUT2D eigenvalue weighted by Gasteiger charge is 2.16. The van der Waals surface area contributed by atoms with Gasteiger partial charge in [-0.05, 0) is 48.4 Å². The molecular weight excluding hydrogens is 384 g/mol. The summed E-state index contributed by atoms with van der Waals surface area (Å²) in [4.78, 5) is 0. The lowest BCUT2D eigenvalue weighted by Gasteiger charge is -2.19. The number of hydrazine groups is 1. The first-order chi connectivity index (χ1) is 9.65. The highest BCUT2D eigenvalue weighted by Crippen LogP contribution is 2.31. The van der Waals surface area contributed by atoms with Crippen LogP contribution in [0.4, 0.5) is 0 Å². The van der Waals surface area contributed by atoms with Crippen LogP contribution in [0.2, 0.25) is 0 Å². The summed E-state index contributed by atoms with van der Waals surface area (Å²) < 4.78 is 7.56. The van der Waals surface area contributed by atoms with Gasteiger partial charge in [-0.15, -0.1) is 0 Å². The smallest absolute Gasteiger partial charge is 0.119 e. The van der Waals surface area contributed by atoms with Crippen molar-refractivity contribution in [1.82, 2.24) is 5.43 Å². The first kappa shape index (κ1) is 15.5. The molecular formula is C15H16Br2N2O. The fourth-order valence-electron chi connectivity index (χ4n) is 2.05. The van der Waals surface area contributed by atoms with Gasteiger partial charge in [-0.2, -0.15) is 0 Å². The molecule has 0 amide bonds. The topological polar surface area (TPSA) is 47.3 Å². The van der Waals surface area contributed by atoms with E-state index in [-0.39, 0.29) is 6.04 Å². The van der Waals surface area contributed by atoms with Crippen molar-refractivity contribution in [3.63, 3.8) is 0 Å². The van der Waals surface area contributed by atoms with Crippen molar-refractivity contribution in [2.75, 3.05) is 6.61 Å². The molecule has 0 heterocycles. The third-order valence-electron chi connectivity index (χ3n) is 2.94. The van der Waals surface area contributed by atoms with Crippen LogP contribution in [0, 0.1) is 0 Å². The second-order valence-electron chi connectivity index (χ2n) is 4.27. The molecule has 0 fully saturated rings. The van der Waals surface area contributed by atoms with Gasteiger partial charge in [0.25, 0.3) is 0 Å². The van der Waals surface area contributed by atoms with E-state index in [1.165, 1.54) is 0 Å². The molecule has 0 aliphatic rings. The quantitative estimate of drug-likeness (QED) is 0.586. The van der Waals surface area contributed by atoms with Crippen LogP contribution >= 0.6 is 31.9 Å². The van der Waals surface area contributed by atoms with Gasteiger partial charge < -0.3 is 4.74 Å². The van der Waals surface area contributed by atoms with Crippen LogP contribution in [0.5, 0.6) is 5.75 Å². The molecule has 0 radical (unpaired) electrons. The molecule has 0 aliphatic heterocycles. The number of nitrogens with two attached hydrogens (primary N) is 1. The van der Waals surface area contributed by atoms with Crippen LogP contribution in [-0.2, 0) is 0 Å². The number of rotatable bonds is 5. The summed E-state index contributed by atoms with van der Waals surface area (Å²) in [6.07, 6.45) is 0. The molecule has 0 saturated heterocycles. The lowest BCUT2D eigenvalue weighted by Crippen LogP contribution is -2.29. The molecule has 3 N–H and O–H groups in total. The van der Waals surface area contributed by atoms with Gasteiger partial charge in [0.15, 0.2) is 0 Å². The molecule has 5 heteroatoms. The van der Waals surface area contributed by atoms with Gasteiger partial charge in [-0.3, -0.25) is 5.84 Å². The van der Waals surface area contributed by atoms with Crippen LogP contribution in [0.1, 0.15) is 24.1 Å². The first-order valence-corrected chi connectivity index (χ1v) is 7.88. The third-order valence-corrected chi connectivity index (χ3v) is 4.15. The summed E-state index contributed by atoms with van der Waals surface area (Å²) in [5, 5.41) is 0. The predicted octanol–water partition coefficient (Wildman–Crippen LogP) is 4.16. The monoisotopic (exact) mass is 398 g/mol. The van der Waals surface area contributed by atoms with E-state index >= 15 is 0 Å². The van der Waals surface area contributed by atoms with Crippen molar-refractivity contribution in [3.8, 4) is 5.75 Å². The molecule has 2 rings (SSSR count). The van der Waals surface area contributed by atoms with Crippen molar-refractivity contribution >= 4 is 31.9 Å². The molecule has 1 unspecified atom stereocenters. The fraction of sp³-hybridized carbons (Fsp3) is 0.200. The molecule has 1 atom stereocenters. The molecule has 2 aromatic rings. The zero-order valence-electron chi connectivity index (χ0n) is 11.1. The Balaban J connectivity index is 2.41. The maximum absolute atomic E-state index is 5.75. The van der Waals surface area contributed by atoms with Crippen LogP contribution in [0.3, 0.4) is 0 Å². The summed E-state index contributed by atoms with van der Waals surface area (Å²) in [5.74, 6) is 6.60. The van der Waals surface area contributed by atoms with Gasteiger partial charge >= 0.3 is 0 Å². The maximum atomic E-state index is 5.75. The van der Waals surface area contributed by atoms with Crippen molar-refractivity contribution in [3.05, 3.63) is 62.5 Å². The van der Waals surface area contributed by atoms with Crippen molar-refractivity contribution in [2.45, 2.75) is 13.0 Å². The Kier molecular flexibility index (Phi) is 5.60. The Labute approximate surface area is 135 Å². The van der Waals surface area contributed by atoms with Crippen molar-refractivity contribution in [1.29, 1.82) is 0 Å². The zero-order valence-corrected chi connectivity index (χ0v) is 14.2. The SMILES string of the molecule is CCOc1cccc(C(NN)c2cc(Br)ccc2Br)c1.